The van der Waals surface area contributed by atoms with Crippen LogP contribution in [0.3, 0.4) is 0 Å². The molecule has 1 heterocycles. The number of rotatable bonds is 10. The number of carbonyl (C=O) groups is 3. The third kappa shape index (κ3) is 10.8. The molecule has 1 rings (SSSR count). The second-order valence-electron chi connectivity index (χ2n) is 6.32. The highest BCUT2D eigenvalue weighted by atomic mass is 16.5. The summed E-state index contributed by atoms with van der Waals surface area (Å²) >= 11 is 0. The Morgan fingerprint density at radius 3 is 1.59 bits per heavy atom. The highest BCUT2D eigenvalue weighted by molar-refractivity contribution is 5.69. The second kappa shape index (κ2) is 14.3. The van der Waals surface area contributed by atoms with Gasteiger partial charge in [0.1, 0.15) is 13.5 Å². The van der Waals surface area contributed by atoms with Crippen molar-refractivity contribution in [1.29, 1.82) is 0 Å². The quantitative estimate of drug-likeness (QED) is 0.385. The molecular formula is C16H31N5O6. The predicted molar refractivity (Wildman–Crippen MR) is 96.7 cm³/mol. The highest BCUT2D eigenvalue weighted by Gasteiger charge is 2.18. The number of carboxylic acid groups (broad SMARTS) is 1. The summed E-state index contributed by atoms with van der Waals surface area (Å²) in [5.74, 6) is -0.875. The summed E-state index contributed by atoms with van der Waals surface area (Å²) in [6.45, 7) is 7.31. The zero-order valence-corrected chi connectivity index (χ0v) is 15.7. The lowest BCUT2D eigenvalue weighted by atomic mass is 10.3. The van der Waals surface area contributed by atoms with Crippen LogP contribution >= 0.6 is 0 Å². The molecule has 11 nitrogen and oxygen atoms in total. The SMILES string of the molecule is NCCN1CCN(COC=O)CCN(COC=O)CCN(CC(=O)O)CC1. The summed E-state index contributed by atoms with van der Waals surface area (Å²) in [5.41, 5.74) is 5.69. The predicted octanol–water partition coefficient (Wildman–Crippen LogP) is -2.49. The first-order valence-corrected chi connectivity index (χ1v) is 9.00. The van der Waals surface area contributed by atoms with Crippen LogP contribution in [-0.2, 0) is 23.9 Å². The van der Waals surface area contributed by atoms with Gasteiger partial charge in [0.2, 0.25) is 0 Å². The maximum Gasteiger partial charge on any atom is 0.317 e. The molecule has 0 saturated carbocycles. The van der Waals surface area contributed by atoms with Crippen LogP contribution in [0, 0.1) is 0 Å². The van der Waals surface area contributed by atoms with Gasteiger partial charge in [-0.2, -0.15) is 0 Å². The fraction of sp³-hybridized carbons (Fsp3) is 0.812. The van der Waals surface area contributed by atoms with Crippen molar-refractivity contribution in [3.63, 3.8) is 0 Å². The summed E-state index contributed by atoms with van der Waals surface area (Å²) in [4.78, 5) is 40.2. The van der Waals surface area contributed by atoms with Gasteiger partial charge < -0.3 is 20.3 Å². The van der Waals surface area contributed by atoms with E-state index in [4.69, 9.17) is 20.3 Å². The van der Waals surface area contributed by atoms with E-state index in [0.717, 1.165) is 6.54 Å². The number of aliphatic carboxylic acids is 1. The lowest BCUT2D eigenvalue weighted by Gasteiger charge is -2.33. The van der Waals surface area contributed by atoms with Crippen molar-refractivity contribution in [2.75, 3.05) is 85.5 Å². The lowest BCUT2D eigenvalue weighted by molar-refractivity contribution is -0.138. The van der Waals surface area contributed by atoms with Gasteiger partial charge in [-0.1, -0.05) is 0 Å². The Morgan fingerprint density at radius 1 is 0.815 bits per heavy atom. The minimum atomic E-state index is -0.875. The van der Waals surface area contributed by atoms with E-state index in [2.05, 4.69) is 4.90 Å². The first kappa shape index (κ1) is 23.2. The summed E-state index contributed by atoms with van der Waals surface area (Å²) in [7, 11) is 0. The maximum atomic E-state index is 11.1. The standard InChI is InChI=1S/C16H31N5O6/c17-1-2-18-3-5-19(11-16(24)25)6-8-21(13-27-15-23)10-9-20(7-4-18)12-26-14-22/h14-15H,1-13,17H2,(H,24,25). The van der Waals surface area contributed by atoms with Gasteiger partial charge in [0.25, 0.3) is 12.9 Å². The Balaban J connectivity index is 2.78. The Bertz CT molecular complexity index is 442. The average Bonchev–Trinajstić information content (AvgIpc) is 2.64. The Hall–Kier alpha value is -1.79. The number of carboxylic acids is 1. The number of ether oxygens (including phenoxy) is 2. The van der Waals surface area contributed by atoms with Crippen molar-refractivity contribution in [2.45, 2.75) is 0 Å². The van der Waals surface area contributed by atoms with Crippen molar-refractivity contribution in [2.24, 2.45) is 5.73 Å². The van der Waals surface area contributed by atoms with Gasteiger partial charge in [-0.3, -0.25) is 34.0 Å². The van der Waals surface area contributed by atoms with Crippen LogP contribution in [0.15, 0.2) is 0 Å². The molecule has 156 valence electrons. The number of nitrogens with two attached hydrogens (primary N) is 1. The van der Waals surface area contributed by atoms with E-state index in [0.29, 0.717) is 71.8 Å². The van der Waals surface area contributed by atoms with E-state index >= 15 is 0 Å². The summed E-state index contributed by atoms with van der Waals surface area (Å²) < 4.78 is 9.75. The van der Waals surface area contributed by atoms with E-state index < -0.39 is 5.97 Å². The fourth-order valence-corrected chi connectivity index (χ4v) is 2.86. The van der Waals surface area contributed by atoms with E-state index in [1.807, 2.05) is 14.7 Å². The molecule has 0 unspecified atom stereocenters. The molecule has 11 heteroatoms. The molecule has 0 atom stereocenters. The van der Waals surface area contributed by atoms with Gasteiger partial charge in [-0.15, -0.1) is 0 Å². The van der Waals surface area contributed by atoms with Gasteiger partial charge in [-0.05, 0) is 0 Å². The maximum absolute atomic E-state index is 11.1. The summed E-state index contributed by atoms with van der Waals surface area (Å²) in [6, 6.07) is 0. The fourth-order valence-electron chi connectivity index (χ4n) is 2.86. The molecule has 27 heavy (non-hydrogen) atoms. The smallest absolute Gasteiger partial charge is 0.317 e. The van der Waals surface area contributed by atoms with Gasteiger partial charge in [-0.25, -0.2) is 0 Å². The molecule has 0 amide bonds. The van der Waals surface area contributed by atoms with Gasteiger partial charge in [0, 0.05) is 65.4 Å². The van der Waals surface area contributed by atoms with Crippen LogP contribution in [-0.4, -0.2) is 129 Å². The number of hydrogen-bond donors (Lipinski definition) is 2. The Morgan fingerprint density at radius 2 is 1.22 bits per heavy atom. The van der Waals surface area contributed by atoms with Crippen LogP contribution in [0.2, 0.25) is 0 Å². The van der Waals surface area contributed by atoms with E-state index in [-0.39, 0.29) is 20.0 Å². The van der Waals surface area contributed by atoms with Crippen LogP contribution in [0.1, 0.15) is 0 Å². The average molecular weight is 389 g/mol. The topological polar surface area (TPSA) is 129 Å². The van der Waals surface area contributed by atoms with Crippen LogP contribution in [0.5, 0.6) is 0 Å². The first-order valence-electron chi connectivity index (χ1n) is 9.00. The zero-order chi connectivity index (χ0) is 19.9. The molecule has 0 aromatic rings. The van der Waals surface area contributed by atoms with Gasteiger partial charge in [0.15, 0.2) is 0 Å². The van der Waals surface area contributed by atoms with E-state index in [1.165, 1.54) is 0 Å². The normalized spacial score (nSPS) is 19.6. The van der Waals surface area contributed by atoms with E-state index in [1.54, 1.807) is 0 Å². The van der Waals surface area contributed by atoms with Crippen LogP contribution < -0.4 is 5.73 Å². The molecule has 0 aromatic heterocycles. The summed E-state index contributed by atoms with van der Waals surface area (Å²) in [6.07, 6.45) is 0. The number of hydrogen-bond acceptors (Lipinski definition) is 10. The molecule has 1 fully saturated rings. The molecule has 0 bridgehead atoms. The van der Waals surface area contributed by atoms with Crippen LogP contribution in [0.4, 0.5) is 0 Å². The third-order valence-corrected chi connectivity index (χ3v) is 4.38. The monoisotopic (exact) mass is 389 g/mol. The van der Waals surface area contributed by atoms with Crippen molar-refractivity contribution >= 4 is 18.9 Å². The second-order valence-corrected chi connectivity index (χ2v) is 6.32. The molecule has 0 aliphatic carbocycles. The van der Waals surface area contributed by atoms with Crippen molar-refractivity contribution < 1.29 is 29.0 Å². The zero-order valence-electron chi connectivity index (χ0n) is 15.7. The molecule has 1 saturated heterocycles. The molecule has 0 radical (unpaired) electrons. The van der Waals surface area contributed by atoms with Crippen molar-refractivity contribution in [1.82, 2.24) is 19.6 Å². The summed E-state index contributed by atoms with van der Waals surface area (Å²) in [5, 5.41) is 9.14. The minimum absolute atomic E-state index is 0.0435. The number of nitrogens with zero attached hydrogens (tertiary/aromatic N) is 4. The molecule has 0 aromatic carbocycles. The first-order chi connectivity index (χ1) is 13.1. The Labute approximate surface area is 159 Å². The lowest BCUT2D eigenvalue weighted by Crippen LogP contribution is -2.48. The van der Waals surface area contributed by atoms with Crippen molar-refractivity contribution in [3.8, 4) is 0 Å². The minimum Gasteiger partial charge on any atom is -0.480 e. The largest absolute Gasteiger partial charge is 0.480 e. The molecule has 3 N–H and O–H groups in total. The molecule has 0 spiro atoms. The molecular weight excluding hydrogens is 358 g/mol. The van der Waals surface area contributed by atoms with Crippen molar-refractivity contribution in [3.05, 3.63) is 0 Å². The van der Waals surface area contributed by atoms with E-state index in [9.17, 15) is 14.4 Å². The van der Waals surface area contributed by atoms with Crippen LogP contribution in [0.25, 0.3) is 0 Å². The van der Waals surface area contributed by atoms with Gasteiger partial charge >= 0.3 is 5.97 Å². The molecule has 1 aliphatic rings. The third-order valence-electron chi connectivity index (χ3n) is 4.38. The highest BCUT2D eigenvalue weighted by Crippen LogP contribution is 2.01. The van der Waals surface area contributed by atoms with Gasteiger partial charge in [0.05, 0.1) is 6.54 Å². The number of carbonyl (C=O) groups excluding carboxylic acids is 2. The molecule has 1 aliphatic heterocycles. The Kier molecular flexibility index (Phi) is 12.3.